The second-order valence-corrected chi connectivity index (χ2v) is 11.9. The average Bonchev–Trinajstić information content (AvgIpc) is 3.06. The zero-order valence-electron chi connectivity index (χ0n) is 26.3. The van der Waals surface area contributed by atoms with Gasteiger partial charge in [0.05, 0.1) is 50.4 Å². The van der Waals surface area contributed by atoms with Gasteiger partial charge in [-0.3, -0.25) is 13.8 Å². The summed E-state index contributed by atoms with van der Waals surface area (Å²) in [5.41, 5.74) is 10.9. The Hall–Kier alpha value is -4.90. The number of rotatable bonds is 12. The summed E-state index contributed by atoms with van der Waals surface area (Å²) < 4.78 is 60.3. The van der Waals surface area contributed by atoms with Crippen molar-refractivity contribution in [2.45, 2.75) is 24.2 Å². The van der Waals surface area contributed by atoms with Gasteiger partial charge < -0.3 is 30.4 Å². The van der Waals surface area contributed by atoms with Crippen molar-refractivity contribution in [3.8, 4) is 23.0 Å². The van der Waals surface area contributed by atoms with Crippen LogP contribution < -0.4 is 30.4 Å². The van der Waals surface area contributed by atoms with Crippen LogP contribution in [0.4, 0.5) is 20.4 Å². The Bertz CT molecular complexity index is 1810. The second kappa shape index (κ2) is 16.6. The Morgan fingerprint density at radius 2 is 1.23 bits per heavy atom. The molecule has 1 atom stereocenters. The number of hydrogen-bond donors (Lipinski definition) is 2. The highest BCUT2D eigenvalue weighted by Crippen LogP contribution is 2.32. The van der Waals surface area contributed by atoms with Crippen LogP contribution >= 0.6 is 11.8 Å². The number of anilines is 2. The third kappa shape index (κ3) is 8.48. The van der Waals surface area contributed by atoms with Gasteiger partial charge in [-0.2, -0.15) is 0 Å². The molecule has 0 aliphatic rings. The van der Waals surface area contributed by atoms with Gasteiger partial charge in [0.1, 0.15) is 57.4 Å². The lowest BCUT2D eigenvalue weighted by Crippen LogP contribution is -2.13. The first-order valence-corrected chi connectivity index (χ1v) is 15.9. The number of benzene rings is 2. The Balaban J connectivity index is 0.000000256. The Labute approximate surface area is 275 Å². The first-order valence-electron chi connectivity index (χ1n) is 13.6. The Kier molecular flexibility index (Phi) is 12.9. The van der Waals surface area contributed by atoms with E-state index in [0.29, 0.717) is 10.9 Å². The molecule has 47 heavy (non-hydrogen) atoms. The lowest BCUT2D eigenvalue weighted by Gasteiger charge is -2.12. The Morgan fingerprint density at radius 3 is 1.62 bits per heavy atom. The maximum Gasteiger partial charge on any atom is 0.220 e. The van der Waals surface area contributed by atoms with Crippen molar-refractivity contribution in [3.63, 3.8) is 0 Å². The van der Waals surface area contributed by atoms with Crippen LogP contribution in [0.25, 0.3) is 0 Å². The van der Waals surface area contributed by atoms with Crippen molar-refractivity contribution in [3.05, 3.63) is 70.5 Å². The molecule has 4 rings (SSSR count). The predicted molar refractivity (Wildman–Crippen MR) is 172 cm³/mol. The van der Waals surface area contributed by atoms with Gasteiger partial charge in [-0.1, -0.05) is 25.6 Å². The maximum absolute atomic E-state index is 14.3. The van der Waals surface area contributed by atoms with E-state index >= 15 is 0 Å². The van der Waals surface area contributed by atoms with E-state index in [1.807, 2.05) is 6.92 Å². The third-order valence-corrected chi connectivity index (χ3v) is 8.11. The van der Waals surface area contributed by atoms with Crippen LogP contribution in [0.15, 0.2) is 47.0 Å². The van der Waals surface area contributed by atoms with E-state index in [4.69, 9.17) is 30.4 Å². The predicted octanol–water partition coefficient (Wildman–Crippen LogP) is 4.13. The summed E-state index contributed by atoms with van der Waals surface area (Å²) in [5, 5.41) is 0.484. The van der Waals surface area contributed by atoms with Crippen molar-refractivity contribution in [2.24, 2.45) is 0 Å². The van der Waals surface area contributed by atoms with Crippen molar-refractivity contribution in [1.29, 1.82) is 0 Å². The van der Waals surface area contributed by atoms with E-state index in [-0.39, 0.29) is 62.0 Å². The molecule has 0 saturated heterocycles. The van der Waals surface area contributed by atoms with E-state index in [0.717, 1.165) is 24.1 Å². The van der Waals surface area contributed by atoms with E-state index in [1.165, 1.54) is 58.5 Å². The summed E-state index contributed by atoms with van der Waals surface area (Å²) in [7, 11) is 4.00. The lowest BCUT2D eigenvalue weighted by molar-refractivity contribution is 0.102. The molecule has 17 heteroatoms. The third-order valence-electron chi connectivity index (χ3n) is 6.24. The van der Waals surface area contributed by atoms with Gasteiger partial charge in [-0.15, -0.1) is 0 Å². The van der Waals surface area contributed by atoms with Gasteiger partial charge in [-0.25, -0.2) is 28.7 Å². The van der Waals surface area contributed by atoms with Gasteiger partial charge in [0.15, 0.2) is 5.16 Å². The van der Waals surface area contributed by atoms with E-state index in [1.54, 1.807) is 6.92 Å². The number of carbonyl (C=O) groups is 2. The summed E-state index contributed by atoms with van der Waals surface area (Å²) in [6.45, 7) is 3.65. The standard InChI is InChI=1S/C15H16FN3O4S.C15H16FN3O3S/c1-4-24(21)15-18-7-9(14(17)19-15)13(20)12-10(16)5-8(22-2)6-11(12)23-3;1-4-23-15-18-7-9(14(17)19-15)13(20)12-10(16)5-8(21-2)6-11(12)22-3/h5-7H,4H2,1-3H3,(H2,17,18,19);5-7H,4H2,1-3H3,(H2,17,18,19). The quantitative estimate of drug-likeness (QED) is 0.122. The largest absolute Gasteiger partial charge is 0.497 e. The molecule has 250 valence electrons. The number of nitrogens with two attached hydrogens (primary N) is 2. The number of thioether (sulfide) groups is 1. The minimum absolute atomic E-state index is 0.00165. The molecule has 0 saturated carbocycles. The summed E-state index contributed by atoms with van der Waals surface area (Å²) in [6.07, 6.45) is 2.43. The van der Waals surface area contributed by atoms with Crippen molar-refractivity contribution < 1.29 is 41.5 Å². The zero-order chi connectivity index (χ0) is 34.8. The first-order chi connectivity index (χ1) is 22.4. The monoisotopic (exact) mass is 690 g/mol. The Morgan fingerprint density at radius 1 is 0.766 bits per heavy atom. The summed E-state index contributed by atoms with van der Waals surface area (Å²) in [6, 6.07) is 4.98. The minimum Gasteiger partial charge on any atom is -0.497 e. The molecule has 0 radical (unpaired) electrons. The van der Waals surface area contributed by atoms with Crippen molar-refractivity contribution >= 4 is 45.8 Å². The topological polar surface area (TPSA) is 192 Å². The number of ketones is 2. The highest BCUT2D eigenvalue weighted by Gasteiger charge is 2.25. The van der Waals surface area contributed by atoms with Crippen molar-refractivity contribution in [2.75, 3.05) is 51.4 Å². The number of ether oxygens (including phenoxy) is 4. The number of halogens is 2. The van der Waals surface area contributed by atoms with Crippen LogP contribution in [0.5, 0.6) is 23.0 Å². The van der Waals surface area contributed by atoms with E-state index < -0.39 is 34.0 Å². The zero-order valence-corrected chi connectivity index (χ0v) is 27.9. The molecule has 0 fully saturated rings. The van der Waals surface area contributed by atoms with Gasteiger partial charge in [0, 0.05) is 42.4 Å². The number of hydrogen-bond acceptors (Lipinski definition) is 14. The lowest BCUT2D eigenvalue weighted by atomic mass is 10.0. The molecular formula is C30H32F2N6O7S2. The van der Waals surface area contributed by atoms with Crippen LogP contribution in [0, 0.1) is 11.6 Å². The fourth-order valence-electron chi connectivity index (χ4n) is 3.93. The van der Waals surface area contributed by atoms with Crippen LogP contribution in [-0.2, 0) is 10.8 Å². The van der Waals surface area contributed by atoms with Crippen LogP contribution in [0.3, 0.4) is 0 Å². The normalized spacial score (nSPS) is 11.1. The average molecular weight is 691 g/mol. The first kappa shape index (κ1) is 36.6. The molecule has 13 nitrogen and oxygen atoms in total. The smallest absolute Gasteiger partial charge is 0.220 e. The molecule has 2 heterocycles. The molecule has 1 unspecified atom stereocenters. The molecular weight excluding hydrogens is 658 g/mol. The number of nitrogen functional groups attached to an aromatic ring is 2. The van der Waals surface area contributed by atoms with Gasteiger partial charge in [-0.05, 0) is 5.75 Å². The van der Waals surface area contributed by atoms with Gasteiger partial charge >= 0.3 is 0 Å². The van der Waals surface area contributed by atoms with Crippen molar-refractivity contribution in [1.82, 2.24) is 19.9 Å². The highest BCUT2D eigenvalue weighted by molar-refractivity contribution is 7.99. The van der Waals surface area contributed by atoms with Crippen LogP contribution in [-0.4, -0.2) is 75.7 Å². The number of aromatic nitrogens is 4. The molecule has 0 aliphatic heterocycles. The fraction of sp³-hybridized carbons (Fsp3) is 0.267. The van der Waals surface area contributed by atoms with Gasteiger partial charge in [0.2, 0.25) is 16.7 Å². The van der Waals surface area contributed by atoms with Crippen LogP contribution in [0.1, 0.15) is 45.7 Å². The second-order valence-electron chi connectivity index (χ2n) is 9.00. The van der Waals surface area contributed by atoms with Crippen LogP contribution in [0.2, 0.25) is 0 Å². The number of nitrogens with zero attached hydrogens (tertiary/aromatic N) is 4. The minimum atomic E-state index is -1.41. The molecule has 4 N–H and O–H groups in total. The van der Waals surface area contributed by atoms with Gasteiger partial charge in [0.25, 0.3) is 0 Å². The summed E-state index contributed by atoms with van der Waals surface area (Å²) in [5.74, 6) is -1.56. The van der Waals surface area contributed by atoms with E-state index in [9.17, 15) is 22.6 Å². The summed E-state index contributed by atoms with van der Waals surface area (Å²) >= 11 is 1.39. The molecule has 0 bridgehead atoms. The fourth-order valence-corrected chi connectivity index (χ4v) is 5.10. The highest BCUT2D eigenvalue weighted by atomic mass is 32.2. The molecule has 4 aromatic rings. The number of methoxy groups -OCH3 is 4. The molecule has 0 spiro atoms. The maximum atomic E-state index is 14.3. The molecule has 0 aliphatic carbocycles. The number of carbonyl (C=O) groups excluding carboxylic acids is 2. The molecule has 2 aromatic carbocycles. The molecule has 2 aromatic heterocycles. The SMILES string of the molecule is CCS(=O)c1ncc(C(=O)c2c(F)cc(OC)cc2OC)c(N)n1.CCSc1ncc(C(=O)c2c(F)cc(OC)cc2OC)c(N)n1. The summed E-state index contributed by atoms with van der Waals surface area (Å²) in [4.78, 5) is 41.1. The van der Waals surface area contributed by atoms with E-state index in [2.05, 4.69) is 19.9 Å². The molecule has 0 amide bonds.